The Bertz CT molecular complexity index is 1140. The van der Waals surface area contributed by atoms with Crippen LogP contribution >= 0.6 is 23.2 Å². The largest absolute Gasteiger partial charge is 0.322 e. The first-order valence-corrected chi connectivity index (χ1v) is 10.1. The zero-order valence-electron chi connectivity index (χ0n) is 14.1. The van der Waals surface area contributed by atoms with Crippen molar-refractivity contribution in [3.05, 3.63) is 88.2 Å². The zero-order valence-corrected chi connectivity index (χ0v) is 16.4. The second-order valence-corrected chi connectivity index (χ2v) is 8.24. The Morgan fingerprint density at radius 3 is 2.29 bits per heavy atom. The normalized spacial score (nSPS) is 11.1. The number of anilines is 2. The average Bonchev–Trinajstić information content (AvgIpc) is 2.64. The van der Waals surface area contributed by atoms with E-state index < -0.39 is 21.7 Å². The molecule has 2 N–H and O–H groups in total. The molecule has 0 saturated carbocycles. The minimum Gasteiger partial charge on any atom is -0.322 e. The molecule has 3 aromatic carbocycles. The highest BCUT2D eigenvalue weighted by Crippen LogP contribution is 2.28. The summed E-state index contributed by atoms with van der Waals surface area (Å²) in [5, 5.41) is 3.12. The molecule has 5 nitrogen and oxygen atoms in total. The Labute approximate surface area is 171 Å². The van der Waals surface area contributed by atoms with Crippen LogP contribution in [0.1, 0.15) is 10.4 Å². The Morgan fingerprint density at radius 1 is 0.929 bits per heavy atom. The van der Waals surface area contributed by atoms with Crippen LogP contribution in [0.2, 0.25) is 10.0 Å². The monoisotopic (exact) mass is 438 g/mol. The summed E-state index contributed by atoms with van der Waals surface area (Å²) < 4.78 is 40.6. The molecule has 144 valence electrons. The van der Waals surface area contributed by atoms with E-state index in [1.54, 1.807) is 0 Å². The van der Waals surface area contributed by atoms with E-state index >= 15 is 0 Å². The zero-order chi connectivity index (χ0) is 20.3. The lowest BCUT2D eigenvalue weighted by atomic mass is 10.2. The molecule has 9 heteroatoms. The van der Waals surface area contributed by atoms with Crippen molar-refractivity contribution < 1.29 is 17.6 Å². The number of hydrogen-bond acceptors (Lipinski definition) is 3. The van der Waals surface area contributed by atoms with Crippen molar-refractivity contribution in [3.63, 3.8) is 0 Å². The summed E-state index contributed by atoms with van der Waals surface area (Å²) >= 11 is 11.8. The quantitative estimate of drug-likeness (QED) is 0.575. The Kier molecular flexibility index (Phi) is 5.88. The number of nitrogens with one attached hydrogen (secondary N) is 2. The van der Waals surface area contributed by atoms with Crippen LogP contribution in [0.4, 0.5) is 15.8 Å². The fourth-order valence-electron chi connectivity index (χ4n) is 2.33. The highest BCUT2D eigenvalue weighted by Gasteiger charge is 2.16. The first-order valence-electron chi connectivity index (χ1n) is 7.89. The molecular weight excluding hydrogens is 426 g/mol. The molecule has 0 bridgehead atoms. The van der Waals surface area contributed by atoms with Crippen molar-refractivity contribution in [2.75, 3.05) is 10.0 Å². The SMILES string of the molecule is O=C(Nc1ccc(S(=O)(=O)Nc2ccc(Cl)cc2Cl)cc1)c1cccc(F)c1. The summed E-state index contributed by atoms with van der Waals surface area (Å²) in [5.41, 5.74) is 0.697. The summed E-state index contributed by atoms with van der Waals surface area (Å²) in [6.45, 7) is 0. The van der Waals surface area contributed by atoms with E-state index in [1.165, 1.54) is 60.7 Å². The minimum absolute atomic E-state index is 0.0257. The third-order valence-electron chi connectivity index (χ3n) is 3.68. The smallest absolute Gasteiger partial charge is 0.261 e. The number of halogens is 3. The van der Waals surface area contributed by atoms with Gasteiger partial charge in [-0.1, -0.05) is 29.3 Å². The first-order chi connectivity index (χ1) is 13.2. The van der Waals surface area contributed by atoms with Gasteiger partial charge >= 0.3 is 0 Å². The fraction of sp³-hybridized carbons (Fsp3) is 0. The van der Waals surface area contributed by atoms with E-state index in [0.29, 0.717) is 10.7 Å². The van der Waals surface area contributed by atoms with Gasteiger partial charge in [0, 0.05) is 16.3 Å². The van der Waals surface area contributed by atoms with Gasteiger partial charge in [0.05, 0.1) is 15.6 Å². The molecule has 1 amide bonds. The molecule has 0 aliphatic heterocycles. The van der Waals surface area contributed by atoms with Gasteiger partial charge in [0.25, 0.3) is 15.9 Å². The molecule has 0 radical (unpaired) electrons. The van der Waals surface area contributed by atoms with Crippen LogP contribution in [0.25, 0.3) is 0 Å². The maximum absolute atomic E-state index is 13.2. The molecule has 0 unspecified atom stereocenters. The molecule has 28 heavy (non-hydrogen) atoms. The van der Waals surface area contributed by atoms with Gasteiger partial charge in [-0.15, -0.1) is 0 Å². The summed E-state index contributed by atoms with van der Waals surface area (Å²) in [6, 6.07) is 15.1. The molecule has 0 aliphatic rings. The molecule has 0 heterocycles. The lowest BCUT2D eigenvalue weighted by Gasteiger charge is -2.11. The highest BCUT2D eigenvalue weighted by atomic mass is 35.5. The lowest BCUT2D eigenvalue weighted by molar-refractivity contribution is 0.102. The first kappa shape index (κ1) is 20.1. The van der Waals surface area contributed by atoms with Crippen LogP contribution in [0.5, 0.6) is 0 Å². The second-order valence-electron chi connectivity index (χ2n) is 5.72. The van der Waals surface area contributed by atoms with E-state index in [9.17, 15) is 17.6 Å². The Morgan fingerprint density at radius 2 is 1.64 bits per heavy atom. The molecule has 3 aromatic rings. The van der Waals surface area contributed by atoms with E-state index in [4.69, 9.17) is 23.2 Å². The summed E-state index contributed by atoms with van der Waals surface area (Å²) in [7, 11) is -3.89. The van der Waals surface area contributed by atoms with Crippen molar-refractivity contribution >= 4 is 50.5 Å². The minimum atomic E-state index is -3.89. The Hall–Kier alpha value is -2.61. The number of hydrogen-bond donors (Lipinski definition) is 2. The van der Waals surface area contributed by atoms with Gasteiger partial charge in [-0.25, -0.2) is 12.8 Å². The van der Waals surface area contributed by atoms with Crippen LogP contribution in [0, 0.1) is 5.82 Å². The van der Waals surface area contributed by atoms with Crippen molar-refractivity contribution in [1.29, 1.82) is 0 Å². The number of sulfonamides is 1. The van der Waals surface area contributed by atoms with Gasteiger partial charge in [-0.3, -0.25) is 9.52 Å². The topological polar surface area (TPSA) is 75.3 Å². The predicted molar refractivity (Wildman–Crippen MR) is 108 cm³/mol. The number of carbonyl (C=O) groups excluding carboxylic acids is 1. The second kappa shape index (κ2) is 8.18. The fourth-order valence-corrected chi connectivity index (χ4v) is 3.92. The Balaban J connectivity index is 1.75. The number of carbonyl (C=O) groups is 1. The van der Waals surface area contributed by atoms with Crippen molar-refractivity contribution in [2.24, 2.45) is 0 Å². The van der Waals surface area contributed by atoms with Gasteiger partial charge in [0.2, 0.25) is 0 Å². The maximum atomic E-state index is 13.2. The highest BCUT2D eigenvalue weighted by molar-refractivity contribution is 7.92. The standard InChI is InChI=1S/C19H13Cl2FN2O3S/c20-13-4-9-18(17(21)11-13)24-28(26,27)16-7-5-15(6-8-16)23-19(25)12-2-1-3-14(22)10-12/h1-11,24H,(H,23,25). The van der Waals surface area contributed by atoms with Crippen LogP contribution in [-0.4, -0.2) is 14.3 Å². The van der Waals surface area contributed by atoms with E-state index in [0.717, 1.165) is 6.07 Å². The van der Waals surface area contributed by atoms with Crippen molar-refractivity contribution in [1.82, 2.24) is 0 Å². The van der Waals surface area contributed by atoms with Gasteiger partial charge in [0.15, 0.2) is 0 Å². The third-order valence-corrected chi connectivity index (χ3v) is 5.61. The predicted octanol–water partition coefficient (Wildman–Crippen LogP) is 5.19. The molecule has 0 aliphatic carbocycles. The number of rotatable bonds is 5. The third kappa shape index (κ3) is 4.81. The molecule has 0 fully saturated rings. The van der Waals surface area contributed by atoms with Crippen LogP contribution in [0.15, 0.2) is 71.6 Å². The van der Waals surface area contributed by atoms with Gasteiger partial charge in [-0.05, 0) is 60.7 Å². The summed E-state index contributed by atoms with van der Waals surface area (Å²) in [5.74, 6) is -1.04. The van der Waals surface area contributed by atoms with E-state index in [-0.39, 0.29) is 21.2 Å². The lowest BCUT2D eigenvalue weighted by Crippen LogP contribution is -2.14. The van der Waals surface area contributed by atoms with Crippen molar-refractivity contribution in [2.45, 2.75) is 4.90 Å². The summed E-state index contributed by atoms with van der Waals surface area (Å²) in [6.07, 6.45) is 0. The van der Waals surface area contributed by atoms with Crippen LogP contribution < -0.4 is 10.0 Å². The molecule has 0 aromatic heterocycles. The number of amides is 1. The molecular formula is C19H13Cl2FN2O3S. The van der Waals surface area contributed by atoms with Crippen molar-refractivity contribution in [3.8, 4) is 0 Å². The molecule has 0 spiro atoms. The van der Waals surface area contributed by atoms with Gasteiger partial charge in [0.1, 0.15) is 5.82 Å². The average molecular weight is 439 g/mol. The van der Waals surface area contributed by atoms with Gasteiger partial charge in [-0.2, -0.15) is 0 Å². The van der Waals surface area contributed by atoms with E-state index in [1.807, 2.05) is 0 Å². The molecule has 3 rings (SSSR count). The number of benzene rings is 3. The van der Waals surface area contributed by atoms with E-state index in [2.05, 4.69) is 10.0 Å². The summed E-state index contributed by atoms with van der Waals surface area (Å²) in [4.78, 5) is 12.1. The van der Waals surface area contributed by atoms with Crippen LogP contribution in [-0.2, 0) is 10.0 Å². The van der Waals surface area contributed by atoms with Crippen LogP contribution in [0.3, 0.4) is 0 Å². The molecule has 0 atom stereocenters. The maximum Gasteiger partial charge on any atom is 0.261 e. The molecule has 0 saturated heterocycles. The van der Waals surface area contributed by atoms with Gasteiger partial charge < -0.3 is 5.32 Å².